The maximum Gasteiger partial charge on any atom is 0.231 e. The summed E-state index contributed by atoms with van der Waals surface area (Å²) in [5.41, 5.74) is 6.01. The van der Waals surface area contributed by atoms with Crippen LogP contribution in [0.15, 0.2) is 23.1 Å². The van der Waals surface area contributed by atoms with Gasteiger partial charge in [0.25, 0.3) is 0 Å². The van der Waals surface area contributed by atoms with Crippen LogP contribution >= 0.6 is 11.8 Å². The molecule has 0 radical (unpaired) electrons. The first kappa shape index (κ1) is 8.44. The Balaban J connectivity index is 1.85. The van der Waals surface area contributed by atoms with Gasteiger partial charge in [0.1, 0.15) is 0 Å². The normalized spacial score (nSPS) is 20.9. The average Bonchev–Trinajstić information content (AvgIpc) is 2.73. The number of ether oxygens (including phenoxy) is 2. The number of hydrogen-bond acceptors (Lipinski definition) is 4. The fourth-order valence-electron chi connectivity index (χ4n) is 1.40. The Morgan fingerprint density at radius 1 is 1.21 bits per heavy atom. The lowest BCUT2D eigenvalue weighted by Crippen LogP contribution is -2.15. The van der Waals surface area contributed by atoms with Crippen LogP contribution in [0.25, 0.3) is 0 Å². The maximum atomic E-state index is 6.01. The molecule has 1 aromatic rings. The van der Waals surface area contributed by atoms with Crippen molar-refractivity contribution in [3.63, 3.8) is 0 Å². The first-order chi connectivity index (χ1) is 6.75. The van der Waals surface area contributed by atoms with Crippen molar-refractivity contribution in [2.45, 2.75) is 22.6 Å². The van der Waals surface area contributed by atoms with Crippen LogP contribution < -0.4 is 15.2 Å². The second-order valence-corrected chi connectivity index (χ2v) is 5.17. The van der Waals surface area contributed by atoms with Gasteiger partial charge in [0.05, 0.1) is 4.87 Å². The minimum atomic E-state index is -0.0201. The van der Waals surface area contributed by atoms with Gasteiger partial charge in [0.2, 0.25) is 6.79 Å². The zero-order valence-corrected chi connectivity index (χ0v) is 8.47. The van der Waals surface area contributed by atoms with Gasteiger partial charge in [-0.1, -0.05) is 0 Å². The zero-order chi connectivity index (χ0) is 9.60. The van der Waals surface area contributed by atoms with E-state index in [4.69, 9.17) is 15.2 Å². The Kier molecular flexibility index (Phi) is 1.69. The Bertz CT molecular complexity index is 376. The van der Waals surface area contributed by atoms with E-state index < -0.39 is 0 Å². The molecule has 0 atom stereocenters. The van der Waals surface area contributed by atoms with Crippen molar-refractivity contribution in [3.8, 4) is 11.5 Å². The van der Waals surface area contributed by atoms with Crippen molar-refractivity contribution in [2.24, 2.45) is 5.73 Å². The van der Waals surface area contributed by atoms with Gasteiger partial charge in [-0.3, -0.25) is 0 Å². The van der Waals surface area contributed by atoms with Crippen LogP contribution in [0.2, 0.25) is 0 Å². The second-order valence-electron chi connectivity index (χ2n) is 3.68. The van der Waals surface area contributed by atoms with E-state index in [1.165, 1.54) is 0 Å². The van der Waals surface area contributed by atoms with Crippen LogP contribution in [0.3, 0.4) is 0 Å². The highest BCUT2D eigenvalue weighted by Gasteiger charge is 2.39. The largest absolute Gasteiger partial charge is 0.454 e. The van der Waals surface area contributed by atoms with Crippen LogP contribution in [0.4, 0.5) is 0 Å². The average molecular weight is 209 g/mol. The van der Waals surface area contributed by atoms with Crippen molar-refractivity contribution in [2.75, 3.05) is 6.79 Å². The zero-order valence-electron chi connectivity index (χ0n) is 7.66. The molecule has 3 nitrogen and oxygen atoms in total. The molecule has 3 rings (SSSR count). The summed E-state index contributed by atoms with van der Waals surface area (Å²) in [6.07, 6.45) is 2.21. The van der Waals surface area contributed by atoms with Crippen LogP contribution in [0.5, 0.6) is 11.5 Å². The van der Waals surface area contributed by atoms with E-state index in [2.05, 4.69) is 0 Å². The molecule has 0 amide bonds. The van der Waals surface area contributed by atoms with E-state index in [1.807, 2.05) is 18.2 Å². The van der Waals surface area contributed by atoms with Crippen LogP contribution in [0.1, 0.15) is 12.8 Å². The molecule has 0 unspecified atom stereocenters. The standard InChI is InChI=1S/C10H11NO2S/c11-10(3-4-10)14-7-1-2-8-9(5-7)13-6-12-8/h1-2,5H,3-4,6,11H2. The van der Waals surface area contributed by atoms with Gasteiger partial charge in [-0.05, 0) is 31.0 Å². The smallest absolute Gasteiger partial charge is 0.231 e. The molecule has 1 aliphatic heterocycles. The molecule has 1 fully saturated rings. The van der Waals surface area contributed by atoms with Gasteiger partial charge in [0.15, 0.2) is 11.5 Å². The monoisotopic (exact) mass is 209 g/mol. The van der Waals surface area contributed by atoms with E-state index in [9.17, 15) is 0 Å². The number of nitrogens with two attached hydrogens (primary N) is 1. The lowest BCUT2D eigenvalue weighted by molar-refractivity contribution is 0.174. The minimum Gasteiger partial charge on any atom is -0.454 e. The van der Waals surface area contributed by atoms with E-state index in [-0.39, 0.29) is 4.87 Å². The Hall–Kier alpha value is -0.870. The van der Waals surface area contributed by atoms with Gasteiger partial charge in [0, 0.05) is 4.90 Å². The van der Waals surface area contributed by atoms with Crippen LogP contribution in [0, 0.1) is 0 Å². The molecule has 1 aliphatic carbocycles. The molecule has 2 aliphatic rings. The molecule has 1 aromatic carbocycles. The highest BCUT2D eigenvalue weighted by molar-refractivity contribution is 8.01. The summed E-state index contributed by atoms with van der Waals surface area (Å²) in [4.78, 5) is 1.14. The van der Waals surface area contributed by atoms with E-state index in [1.54, 1.807) is 11.8 Å². The van der Waals surface area contributed by atoms with Crippen LogP contribution in [-0.2, 0) is 0 Å². The predicted molar refractivity (Wildman–Crippen MR) is 54.6 cm³/mol. The summed E-state index contributed by atoms with van der Waals surface area (Å²) in [5, 5.41) is 0. The van der Waals surface area contributed by atoms with Gasteiger partial charge in [-0.15, -0.1) is 11.8 Å². The summed E-state index contributed by atoms with van der Waals surface area (Å²) in [7, 11) is 0. The first-order valence-corrected chi connectivity index (χ1v) is 5.44. The molecule has 4 heteroatoms. The molecule has 1 heterocycles. The topological polar surface area (TPSA) is 44.5 Å². The van der Waals surface area contributed by atoms with Crippen molar-refractivity contribution >= 4 is 11.8 Å². The number of rotatable bonds is 2. The number of benzene rings is 1. The minimum absolute atomic E-state index is 0.0201. The number of thioether (sulfide) groups is 1. The third kappa shape index (κ3) is 1.44. The summed E-state index contributed by atoms with van der Waals surface area (Å²) >= 11 is 1.72. The number of hydrogen-bond donors (Lipinski definition) is 1. The fraction of sp³-hybridized carbons (Fsp3) is 0.400. The van der Waals surface area contributed by atoms with E-state index in [0.717, 1.165) is 29.2 Å². The summed E-state index contributed by atoms with van der Waals surface area (Å²) < 4.78 is 10.5. The van der Waals surface area contributed by atoms with Gasteiger partial charge in [-0.25, -0.2) is 0 Å². The molecular formula is C10H11NO2S. The highest BCUT2D eigenvalue weighted by atomic mass is 32.2. The molecule has 74 valence electrons. The fourth-order valence-corrected chi connectivity index (χ4v) is 2.48. The molecule has 0 aromatic heterocycles. The molecule has 2 N–H and O–H groups in total. The summed E-state index contributed by atoms with van der Waals surface area (Å²) in [6, 6.07) is 5.97. The highest BCUT2D eigenvalue weighted by Crippen LogP contribution is 2.48. The molecule has 0 bridgehead atoms. The lowest BCUT2D eigenvalue weighted by atomic mass is 10.3. The van der Waals surface area contributed by atoms with Gasteiger partial charge < -0.3 is 15.2 Å². The molecular weight excluding hydrogens is 198 g/mol. The maximum absolute atomic E-state index is 6.01. The SMILES string of the molecule is NC1(Sc2ccc3c(c2)OCO3)CC1. The third-order valence-electron chi connectivity index (χ3n) is 2.41. The summed E-state index contributed by atoms with van der Waals surface area (Å²) in [5.74, 6) is 1.66. The van der Waals surface area contributed by atoms with E-state index in [0.29, 0.717) is 6.79 Å². The van der Waals surface area contributed by atoms with Crippen molar-refractivity contribution < 1.29 is 9.47 Å². The molecule has 0 saturated heterocycles. The Morgan fingerprint density at radius 2 is 2.00 bits per heavy atom. The van der Waals surface area contributed by atoms with Crippen molar-refractivity contribution in [1.82, 2.24) is 0 Å². The first-order valence-electron chi connectivity index (χ1n) is 4.63. The predicted octanol–water partition coefficient (Wildman–Crippen LogP) is 1.96. The Labute approximate surface area is 86.6 Å². The summed E-state index contributed by atoms with van der Waals surface area (Å²) in [6.45, 7) is 0.331. The molecule has 0 spiro atoms. The molecule has 1 saturated carbocycles. The second kappa shape index (κ2) is 2.81. The third-order valence-corrected chi connectivity index (χ3v) is 3.71. The van der Waals surface area contributed by atoms with Crippen LogP contribution in [-0.4, -0.2) is 11.7 Å². The van der Waals surface area contributed by atoms with Gasteiger partial charge in [-0.2, -0.15) is 0 Å². The van der Waals surface area contributed by atoms with Crippen molar-refractivity contribution in [3.05, 3.63) is 18.2 Å². The van der Waals surface area contributed by atoms with E-state index >= 15 is 0 Å². The molecule has 14 heavy (non-hydrogen) atoms. The van der Waals surface area contributed by atoms with Gasteiger partial charge >= 0.3 is 0 Å². The van der Waals surface area contributed by atoms with Crippen molar-refractivity contribution in [1.29, 1.82) is 0 Å². The quantitative estimate of drug-likeness (QED) is 0.756. The lowest BCUT2D eigenvalue weighted by Gasteiger charge is -2.08. The Morgan fingerprint density at radius 3 is 2.79 bits per heavy atom. The number of fused-ring (bicyclic) bond motifs is 1.